The Labute approximate surface area is 261 Å². The molecule has 0 atom stereocenters. The van der Waals surface area contributed by atoms with E-state index < -0.39 is 44.4 Å². The molecule has 0 aliphatic carbocycles. The number of alkyl halides is 6. The molecule has 0 N–H and O–H groups in total. The molecule has 45 heavy (non-hydrogen) atoms. The van der Waals surface area contributed by atoms with Gasteiger partial charge >= 0.3 is 18.3 Å². The van der Waals surface area contributed by atoms with E-state index in [9.17, 15) is 39.6 Å². The molecule has 7 nitrogen and oxygen atoms in total. The number of halogens is 7. The van der Waals surface area contributed by atoms with E-state index in [0.29, 0.717) is 30.4 Å². The molecule has 0 spiro atoms. The molecule has 1 aliphatic heterocycles. The van der Waals surface area contributed by atoms with Crippen molar-refractivity contribution in [1.82, 2.24) is 4.90 Å². The van der Waals surface area contributed by atoms with Crippen molar-refractivity contribution in [3.05, 3.63) is 87.9 Å². The molecule has 242 valence electrons. The van der Waals surface area contributed by atoms with Crippen molar-refractivity contribution < 1.29 is 44.3 Å². The summed E-state index contributed by atoms with van der Waals surface area (Å²) in [6, 6.07) is 11.4. The number of ether oxygens (including phenoxy) is 1. The molecule has 0 amide bonds. The minimum atomic E-state index is -4.77. The highest BCUT2D eigenvalue weighted by Crippen LogP contribution is 2.40. The molecule has 3 aromatic carbocycles. The van der Waals surface area contributed by atoms with Crippen LogP contribution in [-0.2, 0) is 31.9 Å². The number of rotatable bonds is 9. The Bertz CT molecular complexity index is 1700. The second-order valence-corrected chi connectivity index (χ2v) is 12.5. The largest absolute Gasteiger partial charge is 0.468 e. The molecule has 0 unspecified atom stereocenters. The number of benzene rings is 3. The molecule has 1 aliphatic rings. The quantitative estimate of drug-likeness (QED) is 0.143. The average Bonchev–Trinajstić information content (AvgIpc) is 2.97. The molecule has 0 aromatic heterocycles. The molecule has 0 radical (unpaired) electrons. The van der Waals surface area contributed by atoms with Gasteiger partial charge in [-0.1, -0.05) is 42.0 Å². The molecule has 4 rings (SSSR count). The molecule has 15 heteroatoms. The van der Waals surface area contributed by atoms with Crippen LogP contribution in [0.25, 0.3) is 12.2 Å². The Kier molecular flexibility index (Phi) is 10.1. The predicted molar refractivity (Wildman–Crippen MR) is 160 cm³/mol. The lowest BCUT2D eigenvalue weighted by molar-refractivity contribution is -0.141. The fourth-order valence-electron chi connectivity index (χ4n) is 4.79. The van der Waals surface area contributed by atoms with Gasteiger partial charge in [0.15, 0.2) is 0 Å². The number of nitrogens with zero attached hydrogens (tertiary/aromatic N) is 3. The number of hydrogen-bond acceptors (Lipinski definition) is 6. The fraction of sp³-hybridized carbons (Fsp3) is 0.300. The first-order chi connectivity index (χ1) is 21.0. The maximum Gasteiger partial charge on any atom is 0.417 e. The third kappa shape index (κ3) is 7.92. The zero-order valence-electron chi connectivity index (χ0n) is 24.0. The summed E-state index contributed by atoms with van der Waals surface area (Å²) in [5, 5.41) is -0.143. The van der Waals surface area contributed by atoms with Gasteiger partial charge in [-0.05, 0) is 55.1 Å². The van der Waals surface area contributed by atoms with Gasteiger partial charge in [0.25, 0.3) is 10.0 Å². The smallest absolute Gasteiger partial charge is 0.417 e. The van der Waals surface area contributed by atoms with E-state index >= 15 is 0 Å². The van der Waals surface area contributed by atoms with Crippen molar-refractivity contribution in [2.24, 2.45) is 0 Å². The molecule has 0 saturated carbocycles. The summed E-state index contributed by atoms with van der Waals surface area (Å²) in [5.74, 6) is -0.446. The standard InChI is InChI=1S/C30H28ClF6N3O4S/c1-38(19-28(41)44-2)13-14-39-15-16-40(45(42,43)22-6-3-5-21(18-22)29(32,33)34)27-17-20(10-12-26(27)39)9-11-23-24(30(35,36)37)7-4-8-25(23)31/h3-12,17-18H,13-16,19H2,1-2H3/b11-9+. The molecular formula is C30H28ClF6N3O4S. The van der Waals surface area contributed by atoms with Gasteiger partial charge in [0.1, 0.15) is 0 Å². The van der Waals surface area contributed by atoms with Crippen molar-refractivity contribution in [1.29, 1.82) is 0 Å². The highest BCUT2D eigenvalue weighted by atomic mass is 35.5. The summed E-state index contributed by atoms with van der Waals surface area (Å²) in [7, 11) is -1.55. The van der Waals surface area contributed by atoms with Gasteiger partial charge in [-0.25, -0.2) is 8.42 Å². The maximum atomic E-state index is 13.8. The van der Waals surface area contributed by atoms with Crippen LogP contribution in [0.15, 0.2) is 65.6 Å². The molecule has 0 bridgehead atoms. The second kappa shape index (κ2) is 13.3. The third-order valence-corrected chi connectivity index (χ3v) is 9.25. The van der Waals surface area contributed by atoms with Gasteiger partial charge in [-0.15, -0.1) is 0 Å². The van der Waals surface area contributed by atoms with E-state index in [1.54, 1.807) is 24.1 Å². The number of fused-ring (bicyclic) bond motifs is 1. The SMILES string of the molecule is COC(=O)CN(C)CCN1CCN(S(=O)(=O)c2cccc(C(F)(F)F)c2)c2cc(/C=C/c3c(Cl)cccc3C(F)(F)F)ccc21. The fourth-order valence-corrected chi connectivity index (χ4v) is 6.54. The predicted octanol–water partition coefficient (Wildman–Crippen LogP) is 6.67. The third-order valence-electron chi connectivity index (χ3n) is 7.11. The van der Waals surface area contributed by atoms with E-state index in [1.165, 1.54) is 37.5 Å². The van der Waals surface area contributed by atoms with Crippen LogP contribution in [0, 0.1) is 0 Å². The summed E-state index contributed by atoms with van der Waals surface area (Å²) in [4.78, 5) is 14.6. The Hall–Kier alpha value is -3.75. The van der Waals surface area contributed by atoms with Gasteiger partial charge < -0.3 is 9.64 Å². The average molecular weight is 676 g/mol. The summed E-state index contributed by atoms with van der Waals surface area (Å²) in [6.45, 7) is 0.771. The number of sulfonamides is 1. The van der Waals surface area contributed by atoms with Crippen LogP contribution in [0.3, 0.4) is 0 Å². The van der Waals surface area contributed by atoms with Crippen LogP contribution >= 0.6 is 11.6 Å². The normalized spacial score (nSPS) is 14.3. The van der Waals surface area contributed by atoms with Crippen molar-refractivity contribution in [2.45, 2.75) is 17.2 Å². The summed E-state index contributed by atoms with van der Waals surface area (Å²) >= 11 is 6.07. The summed E-state index contributed by atoms with van der Waals surface area (Å²) in [6.07, 6.45) is -6.95. The van der Waals surface area contributed by atoms with E-state index in [0.717, 1.165) is 28.6 Å². The second-order valence-electron chi connectivity index (χ2n) is 10.2. The lowest BCUT2D eigenvalue weighted by Crippen LogP contribution is -2.46. The van der Waals surface area contributed by atoms with E-state index in [2.05, 4.69) is 4.74 Å². The van der Waals surface area contributed by atoms with Gasteiger partial charge in [-0.3, -0.25) is 14.0 Å². The zero-order chi connectivity index (χ0) is 33.2. The lowest BCUT2D eigenvalue weighted by Gasteiger charge is -2.39. The van der Waals surface area contributed by atoms with E-state index in [-0.39, 0.29) is 35.9 Å². The highest BCUT2D eigenvalue weighted by Gasteiger charge is 2.36. The van der Waals surface area contributed by atoms with E-state index in [4.69, 9.17) is 11.6 Å². The van der Waals surface area contributed by atoms with E-state index in [1.807, 2.05) is 4.90 Å². The summed E-state index contributed by atoms with van der Waals surface area (Å²) in [5.41, 5.74) is -1.52. The van der Waals surface area contributed by atoms with Crippen molar-refractivity contribution in [3.63, 3.8) is 0 Å². The maximum absolute atomic E-state index is 13.8. The van der Waals surface area contributed by atoms with Crippen LogP contribution in [0.4, 0.5) is 37.7 Å². The highest BCUT2D eigenvalue weighted by molar-refractivity contribution is 7.92. The molecule has 3 aromatic rings. The molecular weight excluding hydrogens is 648 g/mol. The number of likely N-dealkylation sites (N-methyl/N-ethyl adjacent to an activating group) is 1. The first kappa shape index (κ1) is 34.1. The van der Waals surface area contributed by atoms with Crippen LogP contribution < -0.4 is 9.21 Å². The van der Waals surface area contributed by atoms with Crippen LogP contribution in [0.2, 0.25) is 5.02 Å². The van der Waals surface area contributed by atoms with Gasteiger partial charge in [0.2, 0.25) is 0 Å². The zero-order valence-corrected chi connectivity index (χ0v) is 25.6. The number of carbonyl (C=O) groups excluding carboxylic acids is 1. The van der Waals surface area contributed by atoms with Crippen molar-refractivity contribution in [2.75, 3.05) is 56.1 Å². The van der Waals surface area contributed by atoms with Crippen molar-refractivity contribution >= 4 is 51.1 Å². The van der Waals surface area contributed by atoms with Crippen LogP contribution in [0.1, 0.15) is 22.3 Å². The Morgan fingerprint density at radius 2 is 1.67 bits per heavy atom. The first-order valence-corrected chi connectivity index (χ1v) is 15.2. The van der Waals surface area contributed by atoms with Crippen LogP contribution in [0.5, 0.6) is 0 Å². The number of carbonyl (C=O) groups is 1. The Balaban J connectivity index is 1.76. The number of anilines is 2. The number of methoxy groups -OCH3 is 1. The van der Waals surface area contributed by atoms with Gasteiger partial charge in [0, 0.05) is 30.2 Å². The number of esters is 1. The molecule has 1 heterocycles. The van der Waals surface area contributed by atoms with Crippen LogP contribution in [-0.4, -0.2) is 66.2 Å². The Morgan fingerprint density at radius 1 is 0.956 bits per heavy atom. The molecule has 0 saturated heterocycles. The monoisotopic (exact) mass is 675 g/mol. The molecule has 0 fully saturated rings. The number of hydrogen-bond donors (Lipinski definition) is 0. The van der Waals surface area contributed by atoms with Crippen molar-refractivity contribution in [3.8, 4) is 0 Å². The first-order valence-electron chi connectivity index (χ1n) is 13.4. The van der Waals surface area contributed by atoms with Gasteiger partial charge in [0.05, 0.1) is 47.6 Å². The van der Waals surface area contributed by atoms with Gasteiger partial charge in [-0.2, -0.15) is 26.3 Å². The lowest BCUT2D eigenvalue weighted by atomic mass is 10.0. The minimum Gasteiger partial charge on any atom is -0.468 e. The topological polar surface area (TPSA) is 70.2 Å². The summed E-state index contributed by atoms with van der Waals surface area (Å²) < 4.78 is 114. The minimum absolute atomic E-state index is 0.0128. The Morgan fingerprint density at radius 3 is 2.33 bits per heavy atom.